The maximum absolute atomic E-state index is 11.4. The predicted octanol–water partition coefficient (Wildman–Crippen LogP) is 5.54. The molecule has 2 nitrogen and oxygen atoms in total. The monoisotopic (exact) mass is 336 g/mol. The van der Waals surface area contributed by atoms with E-state index in [1.807, 2.05) is 54.6 Å². The summed E-state index contributed by atoms with van der Waals surface area (Å²) in [5, 5.41) is 12.9. The van der Waals surface area contributed by atoms with E-state index in [1.165, 1.54) is 0 Å². The molecular weight excluding hydrogens is 321 g/mol. The Labute approximate surface area is 132 Å². The van der Waals surface area contributed by atoms with Crippen molar-refractivity contribution in [2.24, 2.45) is 0 Å². The lowest BCUT2D eigenvalue weighted by molar-refractivity contribution is 0.0701. The molecule has 0 aliphatic heterocycles. The summed E-state index contributed by atoms with van der Waals surface area (Å²) < 4.78 is 32.8. The van der Waals surface area contributed by atoms with Crippen LogP contribution in [0.5, 0.6) is 0 Å². The van der Waals surface area contributed by atoms with Gasteiger partial charge in [-0.15, -0.1) is 0 Å². The minimum atomic E-state index is -5.13. The van der Waals surface area contributed by atoms with E-state index in [4.69, 9.17) is 0 Å². The molecule has 0 aliphatic carbocycles. The van der Waals surface area contributed by atoms with Gasteiger partial charge in [0.15, 0.2) is 0 Å². The van der Waals surface area contributed by atoms with Crippen molar-refractivity contribution < 1.29 is 22.2 Å². The molecule has 0 spiro atoms. The molecule has 0 saturated carbocycles. The first-order valence-electron chi connectivity index (χ1n) is 7.04. The van der Waals surface area contributed by atoms with Gasteiger partial charge in [-0.1, -0.05) is 55.5 Å². The summed E-state index contributed by atoms with van der Waals surface area (Å²) >= 11 is 0. The molecule has 0 unspecified atom stereocenters. The van der Waals surface area contributed by atoms with Gasteiger partial charge >= 0.3 is 15.0 Å². The highest BCUT2D eigenvalue weighted by Gasteiger charge is 2.32. The average Bonchev–Trinajstić information content (AvgIpc) is 2.52. The summed E-state index contributed by atoms with van der Waals surface area (Å²) in [6.45, 7) is 1.15. The van der Waals surface area contributed by atoms with Gasteiger partial charge in [0, 0.05) is 6.04 Å². The van der Waals surface area contributed by atoms with Gasteiger partial charge in [-0.25, -0.2) is 17.1 Å². The number of hydrogen-bond acceptors (Lipinski definition) is 1. The van der Waals surface area contributed by atoms with Crippen LogP contribution in [0, 0.1) is 0 Å². The molecule has 0 aliphatic rings. The zero-order chi connectivity index (χ0) is 17.0. The first-order chi connectivity index (χ1) is 10.8. The van der Waals surface area contributed by atoms with Crippen molar-refractivity contribution in [3.05, 3.63) is 60.2 Å². The number of halogens is 3. The van der Waals surface area contributed by atoms with Gasteiger partial charge in [-0.3, -0.25) is 0 Å². The number of benzene rings is 3. The molecule has 3 aromatic rings. The molecule has 0 aromatic heterocycles. The fourth-order valence-corrected chi connectivity index (χ4v) is 2.24. The van der Waals surface area contributed by atoms with Crippen LogP contribution < -0.4 is 0 Å². The van der Waals surface area contributed by atoms with E-state index in [1.54, 1.807) is 0 Å². The maximum atomic E-state index is 11.4. The molecule has 0 amide bonds. The Kier molecular flexibility index (Phi) is 5.05. The van der Waals surface area contributed by atoms with Crippen LogP contribution in [0.4, 0.5) is 12.3 Å². The average molecular weight is 336 g/mol. The van der Waals surface area contributed by atoms with Crippen molar-refractivity contribution >= 4 is 36.6 Å². The third-order valence-electron chi connectivity index (χ3n) is 3.39. The van der Waals surface area contributed by atoms with Gasteiger partial charge in [-0.05, 0) is 27.6 Å². The smallest absolute Gasteiger partial charge is 0.478 e. The van der Waals surface area contributed by atoms with Crippen LogP contribution >= 0.6 is 0 Å². The number of carboxylic acids is 1. The van der Waals surface area contributed by atoms with Gasteiger partial charge in [0.2, 0.25) is 0 Å². The van der Waals surface area contributed by atoms with Crippen LogP contribution in [0.1, 0.15) is 17.3 Å². The third-order valence-corrected chi connectivity index (χ3v) is 4.19. The Balaban J connectivity index is 0.000000277. The van der Waals surface area contributed by atoms with Crippen molar-refractivity contribution in [2.45, 2.75) is 13.0 Å². The van der Waals surface area contributed by atoms with E-state index < -0.39 is 21.1 Å². The topological polar surface area (TPSA) is 37.3 Å². The van der Waals surface area contributed by atoms with E-state index in [0.717, 1.165) is 28.5 Å². The standard InChI is InChI=1S/C15H10O2.C2H5F3Si/c16-15(17)14-12-7-3-1-5-10(12)9-11-6-2-4-8-13(11)14;1-2-6(3,4)5/h1-9H,(H,16,17);2H2,1H3. The Morgan fingerprint density at radius 2 is 1.35 bits per heavy atom. The van der Waals surface area contributed by atoms with Gasteiger partial charge in [0.1, 0.15) is 0 Å². The molecule has 0 radical (unpaired) electrons. The Bertz CT molecular complexity index is 790. The second kappa shape index (κ2) is 6.83. The summed E-state index contributed by atoms with van der Waals surface area (Å²) in [4.78, 5) is 11.4. The number of carbonyl (C=O) groups is 1. The van der Waals surface area contributed by atoms with Crippen LogP contribution in [0.15, 0.2) is 54.6 Å². The Morgan fingerprint density at radius 1 is 0.957 bits per heavy atom. The first kappa shape index (κ1) is 17.0. The number of rotatable bonds is 2. The first-order valence-corrected chi connectivity index (χ1v) is 8.88. The van der Waals surface area contributed by atoms with Crippen molar-refractivity contribution in [1.29, 1.82) is 0 Å². The molecule has 6 heteroatoms. The lowest BCUT2D eigenvalue weighted by atomic mass is 9.97. The van der Waals surface area contributed by atoms with Crippen molar-refractivity contribution in [2.75, 3.05) is 0 Å². The second-order valence-electron chi connectivity index (χ2n) is 4.97. The van der Waals surface area contributed by atoms with Crippen molar-refractivity contribution in [3.63, 3.8) is 0 Å². The molecule has 120 valence electrons. The van der Waals surface area contributed by atoms with Crippen LogP contribution in [-0.4, -0.2) is 20.2 Å². The molecule has 23 heavy (non-hydrogen) atoms. The second-order valence-corrected chi connectivity index (χ2v) is 6.91. The SMILES string of the molecule is CC[Si](F)(F)F.O=C(O)c1c2ccccc2cc2ccccc12. The normalized spacial score (nSPS) is 11.1. The van der Waals surface area contributed by atoms with Crippen LogP contribution in [0.3, 0.4) is 0 Å². The molecule has 0 atom stereocenters. The van der Waals surface area contributed by atoms with E-state index in [9.17, 15) is 22.2 Å². The molecule has 3 aromatic carbocycles. The Hall–Kier alpha value is -2.34. The summed E-state index contributed by atoms with van der Waals surface area (Å²) in [5.74, 6) is -0.877. The maximum Gasteiger partial charge on any atom is 0.615 e. The summed E-state index contributed by atoms with van der Waals surface area (Å²) in [6, 6.07) is 16.6. The van der Waals surface area contributed by atoms with E-state index in [0.29, 0.717) is 5.56 Å². The minimum absolute atomic E-state index is 0.388. The number of carboxylic acid groups (broad SMARTS) is 1. The Morgan fingerprint density at radius 3 is 1.70 bits per heavy atom. The zero-order valence-corrected chi connectivity index (χ0v) is 13.4. The molecule has 0 bridgehead atoms. The number of hydrogen-bond donors (Lipinski definition) is 1. The van der Waals surface area contributed by atoms with E-state index >= 15 is 0 Å². The molecule has 0 heterocycles. The largest absolute Gasteiger partial charge is 0.615 e. The lowest BCUT2D eigenvalue weighted by Crippen LogP contribution is -2.10. The number of fused-ring (bicyclic) bond motifs is 2. The fraction of sp³-hybridized carbons (Fsp3) is 0.118. The highest BCUT2D eigenvalue weighted by molar-refractivity contribution is 6.58. The molecule has 3 rings (SSSR count). The predicted molar refractivity (Wildman–Crippen MR) is 88.0 cm³/mol. The lowest BCUT2D eigenvalue weighted by Gasteiger charge is -2.07. The highest BCUT2D eigenvalue weighted by Crippen LogP contribution is 2.28. The van der Waals surface area contributed by atoms with Crippen LogP contribution in [0.25, 0.3) is 21.5 Å². The van der Waals surface area contributed by atoms with Crippen LogP contribution in [0.2, 0.25) is 6.04 Å². The molecule has 0 saturated heterocycles. The summed E-state index contributed by atoms with van der Waals surface area (Å²) in [5.41, 5.74) is 0.388. The van der Waals surface area contributed by atoms with Crippen molar-refractivity contribution in [1.82, 2.24) is 0 Å². The molecular formula is C17H15F3O2Si. The van der Waals surface area contributed by atoms with Gasteiger partial charge in [-0.2, -0.15) is 0 Å². The van der Waals surface area contributed by atoms with Crippen LogP contribution in [-0.2, 0) is 0 Å². The minimum Gasteiger partial charge on any atom is -0.478 e. The van der Waals surface area contributed by atoms with E-state index in [-0.39, 0.29) is 0 Å². The highest BCUT2D eigenvalue weighted by atomic mass is 28.5. The van der Waals surface area contributed by atoms with Crippen molar-refractivity contribution in [3.8, 4) is 0 Å². The molecule has 1 N–H and O–H groups in total. The third kappa shape index (κ3) is 4.10. The summed E-state index contributed by atoms with van der Waals surface area (Å²) in [6.07, 6.45) is 0. The zero-order valence-electron chi connectivity index (χ0n) is 12.4. The number of aromatic carboxylic acids is 1. The van der Waals surface area contributed by atoms with E-state index in [2.05, 4.69) is 0 Å². The quantitative estimate of drug-likeness (QED) is 0.379. The van der Waals surface area contributed by atoms with Gasteiger partial charge in [0.05, 0.1) is 5.56 Å². The summed E-state index contributed by atoms with van der Waals surface area (Å²) in [7, 11) is -5.13. The van der Waals surface area contributed by atoms with Gasteiger partial charge < -0.3 is 5.11 Å². The molecule has 0 fully saturated rings. The van der Waals surface area contributed by atoms with Gasteiger partial charge in [0.25, 0.3) is 0 Å². The fourth-order valence-electron chi connectivity index (χ4n) is 2.24.